The predicted octanol–water partition coefficient (Wildman–Crippen LogP) is 1.36. The second-order valence-corrected chi connectivity index (χ2v) is 8.98. The van der Waals surface area contributed by atoms with Crippen LogP contribution in [0.4, 0.5) is 0 Å². The molecule has 2 N–H and O–H groups in total. The van der Waals surface area contributed by atoms with Gasteiger partial charge in [0.25, 0.3) is 0 Å². The van der Waals surface area contributed by atoms with Crippen molar-refractivity contribution in [2.24, 2.45) is 11.8 Å². The Hall–Kier alpha value is -0.370. The maximum atomic E-state index is 12.7. The van der Waals surface area contributed by atoms with Gasteiger partial charge in [0.2, 0.25) is 15.9 Å². The molecule has 0 bridgehead atoms. The second-order valence-electron chi connectivity index (χ2n) is 7.15. The van der Waals surface area contributed by atoms with Crippen LogP contribution in [0.1, 0.15) is 45.4 Å². The van der Waals surface area contributed by atoms with E-state index in [1.807, 2.05) is 4.90 Å². The molecule has 0 aromatic rings. The number of piperidine rings is 2. The van der Waals surface area contributed by atoms with Crippen molar-refractivity contribution in [2.45, 2.75) is 51.5 Å². The minimum absolute atomic E-state index is 0. The van der Waals surface area contributed by atoms with Gasteiger partial charge < -0.3 is 10.2 Å². The van der Waals surface area contributed by atoms with Crippen LogP contribution in [-0.4, -0.2) is 57.7 Å². The summed E-state index contributed by atoms with van der Waals surface area (Å²) in [5, 5.41) is 3.41. The fraction of sp³-hybridized carbons (Fsp3) is 0.938. The topological polar surface area (TPSA) is 78.5 Å². The molecule has 2 saturated heterocycles. The zero-order valence-electron chi connectivity index (χ0n) is 14.8. The van der Waals surface area contributed by atoms with Gasteiger partial charge in [-0.2, -0.15) is 0 Å². The lowest BCUT2D eigenvalue weighted by Gasteiger charge is -2.37. The SMILES string of the molecule is CC(CC(=O)N1CCCCC1CNS(C)(=O)=O)C1CCCNC1.Cl. The number of hydrogen-bond acceptors (Lipinski definition) is 4. The van der Waals surface area contributed by atoms with Gasteiger partial charge >= 0.3 is 0 Å². The molecule has 2 aliphatic rings. The molecule has 6 nitrogen and oxygen atoms in total. The van der Waals surface area contributed by atoms with Crippen LogP contribution in [0.5, 0.6) is 0 Å². The number of rotatable bonds is 6. The van der Waals surface area contributed by atoms with Crippen molar-refractivity contribution < 1.29 is 13.2 Å². The van der Waals surface area contributed by atoms with E-state index in [0.29, 0.717) is 24.8 Å². The van der Waals surface area contributed by atoms with Crippen LogP contribution in [0.15, 0.2) is 0 Å². The zero-order chi connectivity index (χ0) is 16.9. The molecular weight excluding hydrogens is 350 g/mol. The highest BCUT2D eigenvalue weighted by Gasteiger charge is 2.30. The van der Waals surface area contributed by atoms with Crippen LogP contribution in [-0.2, 0) is 14.8 Å². The van der Waals surface area contributed by atoms with Crippen LogP contribution in [0.3, 0.4) is 0 Å². The number of nitrogens with zero attached hydrogens (tertiary/aromatic N) is 1. The molecule has 0 spiro atoms. The van der Waals surface area contributed by atoms with Gasteiger partial charge in [-0.15, -0.1) is 12.4 Å². The van der Waals surface area contributed by atoms with Gasteiger partial charge in [-0.25, -0.2) is 13.1 Å². The minimum Gasteiger partial charge on any atom is -0.338 e. The van der Waals surface area contributed by atoms with Crippen molar-refractivity contribution in [1.29, 1.82) is 0 Å². The molecule has 3 unspecified atom stereocenters. The summed E-state index contributed by atoms with van der Waals surface area (Å²) in [4.78, 5) is 14.6. The molecule has 0 saturated carbocycles. The number of halogens is 1. The molecule has 1 amide bonds. The van der Waals surface area contributed by atoms with Gasteiger partial charge in [0.15, 0.2) is 0 Å². The molecule has 8 heteroatoms. The van der Waals surface area contributed by atoms with Crippen molar-refractivity contribution in [3.05, 3.63) is 0 Å². The van der Waals surface area contributed by atoms with Crippen molar-refractivity contribution in [1.82, 2.24) is 14.9 Å². The number of likely N-dealkylation sites (tertiary alicyclic amines) is 1. The highest BCUT2D eigenvalue weighted by Crippen LogP contribution is 2.25. The van der Waals surface area contributed by atoms with E-state index < -0.39 is 10.0 Å². The van der Waals surface area contributed by atoms with Crippen molar-refractivity contribution in [2.75, 3.05) is 32.4 Å². The largest absolute Gasteiger partial charge is 0.338 e. The molecule has 2 heterocycles. The first-order valence-corrected chi connectivity index (χ1v) is 10.7. The number of amides is 1. The van der Waals surface area contributed by atoms with E-state index in [0.717, 1.165) is 38.9 Å². The minimum atomic E-state index is -3.21. The maximum Gasteiger partial charge on any atom is 0.223 e. The van der Waals surface area contributed by atoms with Gasteiger partial charge in [-0.3, -0.25) is 4.79 Å². The molecule has 0 aromatic heterocycles. The van der Waals surface area contributed by atoms with E-state index in [4.69, 9.17) is 0 Å². The monoisotopic (exact) mass is 381 g/mol. The third-order valence-electron chi connectivity index (χ3n) is 5.16. The number of hydrogen-bond donors (Lipinski definition) is 2. The predicted molar refractivity (Wildman–Crippen MR) is 98.8 cm³/mol. The number of sulfonamides is 1. The molecule has 142 valence electrons. The average Bonchev–Trinajstić information content (AvgIpc) is 2.53. The first-order chi connectivity index (χ1) is 10.9. The summed E-state index contributed by atoms with van der Waals surface area (Å²) in [5.74, 6) is 1.13. The molecule has 2 rings (SSSR count). The lowest BCUT2D eigenvalue weighted by Crippen LogP contribution is -2.50. The fourth-order valence-electron chi connectivity index (χ4n) is 3.71. The normalized spacial score (nSPS) is 26.5. The summed E-state index contributed by atoms with van der Waals surface area (Å²) in [6.45, 7) is 5.35. The summed E-state index contributed by atoms with van der Waals surface area (Å²) >= 11 is 0. The lowest BCUT2D eigenvalue weighted by molar-refractivity contribution is -0.136. The molecular formula is C16H32ClN3O3S. The second kappa shape index (κ2) is 9.94. The molecule has 0 aliphatic carbocycles. The van der Waals surface area contributed by atoms with E-state index in [2.05, 4.69) is 17.0 Å². The first-order valence-electron chi connectivity index (χ1n) is 8.81. The molecule has 0 aromatic carbocycles. The summed E-state index contributed by atoms with van der Waals surface area (Å²) in [6.07, 6.45) is 7.08. The Morgan fingerprint density at radius 2 is 2.04 bits per heavy atom. The maximum absolute atomic E-state index is 12.7. The molecule has 2 fully saturated rings. The Morgan fingerprint density at radius 3 is 2.67 bits per heavy atom. The summed E-state index contributed by atoms with van der Waals surface area (Å²) in [5.41, 5.74) is 0. The Morgan fingerprint density at radius 1 is 1.29 bits per heavy atom. The molecule has 24 heavy (non-hydrogen) atoms. The molecule has 3 atom stereocenters. The van der Waals surface area contributed by atoms with E-state index >= 15 is 0 Å². The number of nitrogens with one attached hydrogen (secondary N) is 2. The van der Waals surface area contributed by atoms with Crippen LogP contribution in [0.25, 0.3) is 0 Å². The third kappa shape index (κ3) is 6.86. The van der Waals surface area contributed by atoms with Crippen molar-refractivity contribution >= 4 is 28.3 Å². The quantitative estimate of drug-likeness (QED) is 0.728. The summed E-state index contributed by atoms with van der Waals surface area (Å²) in [6, 6.07) is 0.00246. The van der Waals surface area contributed by atoms with Gasteiger partial charge in [0, 0.05) is 25.6 Å². The van der Waals surface area contributed by atoms with E-state index in [-0.39, 0.29) is 24.4 Å². The van der Waals surface area contributed by atoms with Crippen LogP contribution in [0.2, 0.25) is 0 Å². The Balaban J connectivity index is 0.00000288. The zero-order valence-corrected chi connectivity index (χ0v) is 16.4. The third-order valence-corrected chi connectivity index (χ3v) is 5.86. The van der Waals surface area contributed by atoms with Crippen LogP contribution >= 0.6 is 12.4 Å². The van der Waals surface area contributed by atoms with Gasteiger partial charge in [0.05, 0.1) is 6.26 Å². The summed E-state index contributed by atoms with van der Waals surface area (Å²) < 4.78 is 25.2. The molecule has 2 aliphatic heterocycles. The highest BCUT2D eigenvalue weighted by molar-refractivity contribution is 7.88. The van der Waals surface area contributed by atoms with Gasteiger partial charge in [-0.1, -0.05) is 6.92 Å². The van der Waals surface area contributed by atoms with Crippen LogP contribution < -0.4 is 10.0 Å². The van der Waals surface area contributed by atoms with Gasteiger partial charge in [0.1, 0.15) is 0 Å². The van der Waals surface area contributed by atoms with Crippen molar-refractivity contribution in [3.63, 3.8) is 0 Å². The number of carbonyl (C=O) groups excluding carboxylic acids is 1. The first kappa shape index (κ1) is 21.7. The standard InChI is InChI=1S/C16H31N3O3S.ClH/c1-13(14-6-5-8-17-11-14)10-16(20)19-9-4-3-7-15(19)12-18-23(2,21)22;/h13-15,17-18H,3-12H2,1-2H3;1H. The highest BCUT2D eigenvalue weighted by atomic mass is 35.5. The Labute approximate surface area is 152 Å². The smallest absolute Gasteiger partial charge is 0.223 e. The molecule has 0 radical (unpaired) electrons. The van der Waals surface area contributed by atoms with E-state index in [1.165, 1.54) is 19.1 Å². The van der Waals surface area contributed by atoms with Crippen molar-refractivity contribution in [3.8, 4) is 0 Å². The van der Waals surface area contributed by atoms with Gasteiger partial charge in [-0.05, 0) is 57.0 Å². The van der Waals surface area contributed by atoms with E-state index in [1.54, 1.807) is 0 Å². The van der Waals surface area contributed by atoms with Crippen LogP contribution in [0, 0.1) is 11.8 Å². The van der Waals surface area contributed by atoms with E-state index in [9.17, 15) is 13.2 Å². The summed E-state index contributed by atoms with van der Waals surface area (Å²) in [7, 11) is -3.21. The lowest BCUT2D eigenvalue weighted by atomic mass is 9.85. The number of carbonyl (C=O) groups is 1. The average molecular weight is 382 g/mol. The Bertz CT molecular complexity index is 495. The Kier molecular flexibility index (Phi) is 8.98. The fourth-order valence-corrected chi connectivity index (χ4v) is 4.21.